The summed E-state index contributed by atoms with van der Waals surface area (Å²) in [6.45, 7) is 1.64. The quantitative estimate of drug-likeness (QED) is 0.739. The molecule has 0 radical (unpaired) electrons. The van der Waals surface area contributed by atoms with Crippen LogP contribution in [0, 0.1) is 6.92 Å². The average molecular weight is 328 g/mol. The minimum atomic E-state index is -0.659. The average Bonchev–Trinajstić information content (AvgIpc) is 2.87. The smallest absolute Gasteiger partial charge is 0.337 e. The van der Waals surface area contributed by atoms with Crippen LogP contribution in [0.5, 0.6) is 0 Å². The Morgan fingerprint density at radius 1 is 1.14 bits per heavy atom. The van der Waals surface area contributed by atoms with E-state index in [0.29, 0.717) is 22.0 Å². The molecule has 21 heavy (non-hydrogen) atoms. The summed E-state index contributed by atoms with van der Waals surface area (Å²) in [7, 11) is 0. The topological polar surface area (TPSA) is 83.4 Å². The third-order valence-electron chi connectivity index (χ3n) is 2.59. The third-order valence-corrected chi connectivity index (χ3v) is 3.41. The maximum absolute atomic E-state index is 11.7. The molecule has 1 aromatic carbocycles. The Balaban J connectivity index is 1.92. The number of hydrogen-bond acceptors (Lipinski definition) is 3. The van der Waals surface area contributed by atoms with Crippen molar-refractivity contribution in [2.75, 3.05) is 5.32 Å². The van der Waals surface area contributed by atoms with Gasteiger partial charge in [-0.25, -0.2) is 10.2 Å². The summed E-state index contributed by atoms with van der Waals surface area (Å²) >= 11 is 11.8. The number of furan rings is 1. The van der Waals surface area contributed by atoms with Crippen molar-refractivity contribution in [3.05, 3.63) is 51.9 Å². The molecule has 8 heteroatoms. The van der Waals surface area contributed by atoms with Crippen LogP contribution in [0.15, 0.2) is 34.9 Å². The van der Waals surface area contributed by atoms with Crippen LogP contribution in [0.25, 0.3) is 0 Å². The number of nitrogens with one attached hydrogen (secondary N) is 3. The second-order valence-electron chi connectivity index (χ2n) is 4.03. The third kappa shape index (κ3) is 3.68. The van der Waals surface area contributed by atoms with Gasteiger partial charge in [0.1, 0.15) is 5.76 Å². The predicted molar refractivity (Wildman–Crippen MR) is 79.5 cm³/mol. The van der Waals surface area contributed by atoms with E-state index in [2.05, 4.69) is 16.2 Å². The van der Waals surface area contributed by atoms with Crippen LogP contribution >= 0.6 is 23.2 Å². The molecule has 0 fully saturated rings. The van der Waals surface area contributed by atoms with Crippen molar-refractivity contribution in [2.45, 2.75) is 6.92 Å². The van der Waals surface area contributed by atoms with Gasteiger partial charge in [0.05, 0.1) is 27.6 Å². The van der Waals surface area contributed by atoms with Crippen molar-refractivity contribution in [2.24, 2.45) is 0 Å². The maximum atomic E-state index is 11.7. The number of benzene rings is 1. The molecule has 1 aromatic heterocycles. The number of amides is 3. The lowest BCUT2D eigenvalue weighted by Gasteiger charge is -2.10. The summed E-state index contributed by atoms with van der Waals surface area (Å²) in [5.41, 5.74) is 5.10. The number of anilines is 1. The zero-order chi connectivity index (χ0) is 15.4. The van der Waals surface area contributed by atoms with Gasteiger partial charge in [-0.05, 0) is 25.1 Å². The molecule has 2 rings (SSSR count). The number of carbonyl (C=O) groups is 2. The first-order valence-corrected chi connectivity index (χ1v) is 6.60. The molecule has 3 N–H and O–H groups in total. The van der Waals surface area contributed by atoms with E-state index in [9.17, 15) is 9.59 Å². The molecule has 0 spiro atoms. The van der Waals surface area contributed by atoms with Gasteiger partial charge in [0.15, 0.2) is 0 Å². The fourth-order valence-electron chi connectivity index (χ4n) is 1.56. The fourth-order valence-corrected chi connectivity index (χ4v) is 1.90. The van der Waals surface area contributed by atoms with Crippen molar-refractivity contribution in [1.29, 1.82) is 0 Å². The second kappa shape index (κ2) is 6.51. The van der Waals surface area contributed by atoms with E-state index in [0.717, 1.165) is 0 Å². The van der Waals surface area contributed by atoms with E-state index in [4.69, 9.17) is 27.6 Å². The van der Waals surface area contributed by atoms with E-state index in [1.165, 1.54) is 12.3 Å². The molecular formula is C13H11Cl2N3O3. The van der Waals surface area contributed by atoms with Crippen LogP contribution in [-0.4, -0.2) is 11.9 Å². The van der Waals surface area contributed by atoms with Gasteiger partial charge in [-0.2, -0.15) is 0 Å². The van der Waals surface area contributed by atoms with E-state index in [-0.39, 0.29) is 5.02 Å². The van der Waals surface area contributed by atoms with Crippen molar-refractivity contribution in [3.8, 4) is 0 Å². The number of hydrazine groups is 1. The predicted octanol–water partition coefficient (Wildman–Crippen LogP) is 3.36. The Hall–Kier alpha value is -2.18. The van der Waals surface area contributed by atoms with Gasteiger partial charge in [-0.3, -0.25) is 10.2 Å². The lowest BCUT2D eigenvalue weighted by Crippen LogP contribution is -2.44. The molecule has 0 unspecified atom stereocenters. The molecule has 0 aliphatic rings. The SMILES string of the molecule is Cc1occc1C(=O)NNC(=O)Nc1cccc(Cl)c1Cl. The highest BCUT2D eigenvalue weighted by Gasteiger charge is 2.13. The zero-order valence-corrected chi connectivity index (χ0v) is 12.4. The molecule has 0 atom stereocenters. The van der Waals surface area contributed by atoms with Crippen LogP contribution in [0.1, 0.15) is 16.1 Å². The van der Waals surface area contributed by atoms with Gasteiger partial charge in [-0.1, -0.05) is 29.3 Å². The first-order valence-electron chi connectivity index (χ1n) is 5.84. The van der Waals surface area contributed by atoms with Crippen LogP contribution in [0.2, 0.25) is 10.0 Å². The summed E-state index contributed by atoms with van der Waals surface area (Å²) in [6.07, 6.45) is 1.38. The molecule has 3 amide bonds. The molecule has 0 saturated heterocycles. The lowest BCUT2D eigenvalue weighted by molar-refractivity contribution is 0.0936. The zero-order valence-electron chi connectivity index (χ0n) is 10.9. The van der Waals surface area contributed by atoms with Gasteiger partial charge in [-0.15, -0.1) is 0 Å². The molecular weight excluding hydrogens is 317 g/mol. The van der Waals surface area contributed by atoms with Crippen molar-refractivity contribution >= 4 is 40.8 Å². The summed E-state index contributed by atoms with van der Waals surface area (Å²) < 4.78 is 5.00. The Labute approximate surface area is 130 Å². The highest BCUT2D eigenvalue weighted by Crippen LogP contribution is 2.29. The molecule has 0 saturated carbocycles. The van der Waals surface area contributed by atoms with Gasteiger partial charge in [0.25, 0.3) is 5.91 Å². The number of rotatable bonds is 2. The molecule has 110 valence electrons. The standard InChI is InChI=1S/C13H11Cl2N3O3/c1-7-8(5-6-21-7)12(19)17-18-13(20)16-10-4-2-3-9(14)11(10)15/h2-6H,1H3,(H,17,19)(H2,16,18,20). The number of hydrogen-bond donors (Lipinski definition) is 3. The summed E-state index contributed by atoms with van der Waals surface area (Å²) in [6, 6.07) is 5.65. The monoisotopic (exact) mass is 327 g/mol. The minimum absolute atomic E-state index is 0.214. The van der Waals surface area contributed by atoms with E-state index < -0.39 is 11.9 Å². The first-order chi connectivity index (χ1) is 9.99. The Kier molecular flexibility index (Phi) is 4.72. The van der Waals surface area contributed by atoms with E-state index >= 15 is 0 Å². The highest BCUT2D eigenvalue weighted by molar-refractivity contribution is 6.43. The van der Waals surface area contributed by atoms with Gasteiger partial charge in [0.2, 0.25) is 0 Å². The van der Waals surface area contributed by atoms with Crippen LogP contribution in [-0.2, 0) is 0 Å². The largest absolute Gasteiger partial charge is 0.469 e. The second-order valence-corrected chi connectivity index (χ2v) is 4.81. The number of urea groups is 1. The number of aryl methyl sites for hydroxylation is 1. The fraction of sp³-hybridized carbons (Fsp3) is 0.0769. The Morgan fingerprint density at radius 3 is 2.57 bits per heavy atom. The van der Waals surface area contributed by atoms with Crippen LogP contribution < -0.4 is 16.2 Å². The molecule has 0 bridgehead atoms. The summed E-state index contributed by atoms with van der Waals surface area (Å²) in [5, 5.41) is 2.99. The van der Waals surface area contributed by atoms with Crippen molar-refractivity contribution in [1.82, 2.24) is 10.9 Å². The van der Waals surface area contributed by atoms with E-state index in [1.54, 1.807) is 25.1 Å². The Bertz CT molecular complexity index is 685. The minimum Gasteiger partial charge on any atom is -0.469 e. The van der Waals surface area contributed by atoms with Gasteiger partial charge >= 0.3 is 6.03 Å². The Morgan fingerprint density at radius 2 is 1.90 bits per heavy atom. The lowest BCUT2D eigenvalue weighted by atomic mass is 10.2. The van der Waals surface area contributed by atoms with E-state index in [1.807, 2.05) is 0 Å². The molecule has 6 nitrogen and oxygen atoms in total. The van der Waals surface area contributed by atoms with Crippen molar-refractivity contribution in [3.63, 3.8) is 0 Å². The van der Waals surface area contributed by atoms with Gasteiger partial charge < -0.3 is 9.73 Å². The number of carbonyl (C=O) groups excluding carboxylic acids is 2. The van der Waals surface area contributed by atoms with Crippen LogP contribution in [0.3, 0.4) is 0 Å². The molecule has 1 heterocycles. The van der Waals surface area contributed by atoms with Crippen molar-refractivity contribution < 1.29 is 14.0 Å². The van der Waals surface area contributed by atoms with Crippen LogP contribution in [0.4, 0.5) is 10.5 Å². The summed E-state index contributed by atoms with van der Waals surface area (Å²) in [5.74, 6) is -0.0406. The molecule has 0 aliphatic carbocycles. The highest BCUT2D eigenvalue weighted by atomic mass is 35.5. The van der Waals surface area contributed by atoms with Gasteiger partial charge in [0, 0.05) is 0 Å². The number of halogens is 2. The summed E-state index contributed by atoms with van der Waals surface area (Å²) in [4.78, 5) is 23.4. The molecule has 2 aromatic rings. The maximum Gasteiger partial charge on any atom is 0.337 e. The normalized spacial score (nSPS) is 10.0. The molecule has 0 aliphatic heterocycles. The first kappa shape index (κ1) is 15.2.